The van der Waals surface area contributed by atoms with Crippen LogP contribution in [0, 0.1) is 5.82 Å². The molecular weight excluding hydrogens is 293 g/mol. The average molecular weight is 313 g/mol. The van der Waals surface area contributed by atoms with Crippen molar-refractivity contribution in [2.75, 3.05) is 11.4 Å². The Morgan fingerprint density at radius 2 is 1.96 bits per heavy atom. The molecule has 23 heavy (non-hydrogen) atoms. The molecular formula is C19H20FNO2. The van der Waals surface area contributed by atoms with E-state index in [4.69, 9.17) is 4.74 Å². The number of hydrogen-bond donors (Lipinski definition) is 0. The maximum Gasteiger partial charge on any atom is 0.268 e. The largest absolute Gasteiger partial charge is 0.481 e. The highest BCUT2D eigenvalue weighted by atomic mass is 19.1. The number of anilines is 1. The van der Waals surface area contributed by atoms with Crippen molar-refractivity contribution in [1.82, 2.24) is 0 Å². The SMILES string of the molecule is CCC(Oc1ccc(F)cc1)C(=O)N1CCCc2ccccc21. The molecule has 1 amide bonds. The Morgan fingerprint density at radius 3 is 2.70 bits per heavy atom. The number of ether oxygens (including phenoxy) is 1. The molecule has 4 heteroatoms. The molecule has 0 saturated carbocycles. The van der Waals surface area contributed by atoms with Crippen LogP contribution in [0.4, 0.5) is 10.1 Å². The first-order valence-corrected chi connectivity index (χ1v) is 8.00. The fraction of sp³-hybridized carbons (Fsp3) is 0.316. The van der Waals surface area contributed by atoms with Gasteiger partial charge in [-0.3, -0.25) is 4.79 Å². The number of carbonyl (C=O) groups is 1. The Balaban J connectivity index is 1.79. The minimum atomic E-state index is -0.563. The standard InChI is InChI=1S/C19H20FNO2/c1-2-18(23-16-11-9-15(20)10-12-16)19(22)21-13-5-7-14-6-3-4-8-17(14)21/h3-4,6,8-12,18H,2,5,7,13H2,1H3. The van der Waals surface area contributed by atoms with Gasteiger partial charge in [-0.05, 0) is 55.2 Å². The maximum atomic E-state index is 13.0. The van der Waals surface area contributed by atoms with Gasteiger partial charge >= 0.3 is 0 Å². The van der Waals surface area contributed by atoms with Gasteiger partial charge in [-0.1, -0.05) is 25.1 Å². The Hall–Kier alpha value is -2.36. The predicted octanol–water partition coefficient (Wildman–Crippen LogP) is 3.96. The first-order chi connectivity index (χ1) is 11.2. The molecule has 0 saturated heterocycles. The zero-order chi connectivity index (χ0) is 16.2. The van der Waals surface area contributed by atoms with Crippen LogP contribution in [0.2, 0.25) is 0 Å². The zero-order valence-electron chi connectivity index (χ0n) is 13.2. The number of aryl methyl sites for hydroxylation is 1. The molecule has 0 spiro atoms. The summed E-state index contributed by atoms with van der Waals surface area (Å²) in [5.74, 6) is 0.155. The Bertz CT molecular complexity index is 684. The third-order valence-corrected chi connectivity index (χ3v) is 4.11. The minimum Gasteiger partial charge on any atom is -0.481 e. The van der Waals surface area contributed by atoms with Crippen LogP contribution in [0.15, 0.2) is 48.5 Å². The molecule has 3 nitrogen and oxygen atoms in total. The van der Waals surface area contributed by atoms with Crippen molar-refractivity contribution in [2.45, 2.75) is 32.3 Å². The van der Waals surface area contributed by atoms with E-state index in [0.717, 1.165) is 18.5 Å². The molecule has 2 aromatic rings. The maximum absolute atomic E-state index is 13.0. The van der Waals surface area contributed by atoms with Crippen LogP contribution in [0.25, 0.3) is 0 Å². The molecule has 1 aliphatic heterocycles. The van der Waals surface area contributed by atoms with Crippen molar-refractivity contribution < 1.29 is 13.9 Å². The van der Waals surface area contributed by atoms with Gasteiger partial charge in [0.15, 0.2) is 6.10 Å². The average Bonchev–Trinajstić information content (AvgIpc) is 2.60. The lowest BCUT2D eigenvalue weighted by molar-refractivity contribution is -0.125. The molecule has 1 unspecified atom stereocenters. The molecule has 120 valence electrons. The van der Waals surface area contributed by atoms with Crippen molar-refractivity contribution in [3.05, 3.63) is 59.9 Å². The smallest absolute Gasteiger partial charge is 0.268 e. The number of para-hydroxylation sites is 1. The summed E-state index contributed by atoms with van der Waals surface area (Å²) in [4.78, 5) is 14.7. The predicted molar refractivity (Wildman–Crippen MR) is 88.2 cm³/mol. The van der Waals surface area contributed by atoms with Gasteiger partial charge in [0.25, 0.3) is 5.91 Å². The van der Waals surface area contributed by atoms with Gasteiger partial charge in [0.05, 0.1) is 0 Å². The molecule has 1 atom stereocenters. The third-order valence-electron chi connectivity index (χ3n) is 4.11. The zero-order valence-corrected chi connectivity index (χ0v) is 13.2. The molecule has 1 aliphatic rings. The van der Waals surface area contributed by atoms with Gasteiger partial charge < -0.3 is 9.64 Å². The van der Waals surface area contributed by atoms with Crippen molar-refractivity contribution in [2.24, 2.45) is 0 Å². The molecule has 0 bridgehead atoms. The lowest BCUT2D eigenvalue weighted by Crippen LogP contribution is -2.44. The second-order valence-corrected chi connectivity index (χ2v) is 5.69. The van der Waals surface area contributed by atoms with E-state index in [1.807, 2.05) is 30.0 Å². The summed E-state index contributed by atoms with van der Waals surface area (Å²) in [7, 11) is 0. The van der Waals surface area contributed by atoms with E-state index in [-0.39, 0.29) is 11.7 Å². The molecule has 2 aromatic carbocycles. The summed E-state index contributed by atoms with van der Waals surface area (Å²) in [6.45, 7) is 2.63. The van der Waals surface area contributed by atoms with Crippen LogP contribution in [0.5, 0.6) is 5.75 Å². The Morgan fingerprint density at radius 1 is 1.22 bits per heavy atom. The van der Waals surface area contributed by atoms with Gasteiger partial charge in [-0.25, -0.2) is 4.39 Å². The summed E-state index contributed by atoms with van der Waals surface area (Å²) < 4.78 is 18.8. The lowest BCUT2D eigenvalue weighted by Gasteiger charge is -2.32. The monoisotopic (exact) mass is 313 g/mol. The highest BCUT2D eigenvalue weighted by Crippen LogP contribution is 2.28. The van der Waals surface area contributed by atoms with Crippen molar-refractivity contribution in [3.63, 3.8) is 0 Å². The van der Waals surface area contributed by atoms with Crippen LogP contribution in [0.3, 0.4) is 0 Å². The minimum absolute atomic E-state index is 0.0380. The molecule has 1 heterocycles. The van der Waals surface area contributed by atoms with E-state index in [1.165, 1.54) is 17.7 Å². The van der Waals surface area contributed by atoms with E-state index in [1.54, 1.807) is 12.1 Å². The van der Waals surface area contributed by atoms with Crippen LogP contribution >= 0.6 is 0 Å². The van der Waals surface area contributed by atoms with Gasteiger partial charge in [0.1, 0.15) is 11.6 Å². The molecule has 0 radical (unpaired) electrons. The summed E-state index contributed by atoms with van der Waals surface area (Å²) >= 11 is 0. The second kappa shape index (κ2) is 6.82. The summed E-state index contributed by atoms with van der Waals surface area (Å²) in [6, 6.07) is 13.8. The number of amides is 1. The van der Waals surface area contributed by atoms with Crippen LogP contribution in [0.1, 0.15) is 25.3 Å². The number of nitrogens with zero attached hydrogens (tertiary/aromatic N) is 1. The van der Waals surface area contributed by atoms with Gasteiger partial charge in [0.2, 0.25) is 0 Å². The number of rotatable bonds is 4. The lowest BCUT2D eigenvalue weighted by atomic mass is 10.0. The molecule has 0 fully saturated rings. The second-order valence-electron chi connectivity index (χ2n) is 5.69. The fourth-order valence-electron chi connectivity index (χ4n) is 2.92. The first-order valence-electron chi connectivity index (χ1n) is 8.00. The van der Waals surface area contributed by atoms with E-state index in [0.29, 0.717) is 18.7 Å². The van der Waals surface area contributed by atoms with Gasteiger partial charge in [-0.15, -0.1) is 0 Å². The van der Waals surface area contributed by atoms with Gasteiger partial charge in [0, 0.05) is 12.2 Å². The highest BCUT2D eigenvalue weighted by Gasteiger charge is 2.28. The van der Waals surface area contributed by atoms with Crippen molar-refractivity contribution in [3.8, 4) is 5.75 Å². The molecule has 0 aliphatic carbocycles. The van der Waals surface area contributed by atoms with Crippen LogP contribution in [-0.4, -0.2) is 18.6 Å². The third kappa shape index (κ3) is 3.36. The van der Waals surface area contributed by atoms with Crippen LogP contribution < -0.4 is 9.64 Å². The van der Waals surface area contributed by atoms with E-state index >= 15 is 0 Å². The topological polar surface area (TPSA) is 29.5 Å². The van der Waals surface area contributed by atoms with Crippen molar-refractivity contribution in [1.29, 1.82) is 0 Å². The number of fused-ring (bicyclic) bond motifs is 1. The van der Waals surface area contributed by atoms with E-state index < -0.39 is 6.10 Å². The normalized spacial score (nSPS) is 15.0. The van der Waals surface area contributed by atoms with E-state index in [2.05, 4.69) is 6.07 Å². The molecule has 3 rings (SSSR count). The molecule has 0 aromatic heterocycles. The summed E-state index contributed by atoms with van der Waals surface area (Å²) in [6.07, 6.45) is 1.95. The highest BCUT2D eigenvalue weighted by molar-refractivity contribution is 5.97. The van der Waals surface area contributed by atoms with Crippen LogP contribution in [-0.2, 0) is 11.2 Å². The van der Waals surface area contributed by atoms with Crippen molar-refractivity contribution >= 4 is 11.6 Å². The number of carbonyl (C=O) groups excluding carboxylic acids is 1. The quantitative estimate of drug-likeness (QED) is 0.855. The Labute approximate surface area is 135 Å². The fourth-order valence-corrected chi connectivity index (χ4v) is 2.92. The first kappa shape index (κ1) is 15.5. The van der Waals surface area contributed by atoms with E-state index in [9.17, 15) is 9.18 Å². The molecule has 0 N–H and O–H groups in total. The Kier molecular flexibility index (Phi) is 4.60. The number of hydrogen-bond acceptors (Lipinski definition) is 2. The summed E-state index contributed by atoms with van der Waals surface area (Å²) in [5, 5.41) is 0. The summed E-state index contributed by atoms with van der Waals surface area (Å²) in [5.41, 5.74) is 2.17. The number of halogens is 1. The van der Waals surface area contributed by atoms with Gasteiger partial charge in [-0.2, -0.15) is 0 Å². The number of benzene rings is 2.